The van der Waals surface area contributed by atoms with Gasteiger partial charge in [0.1, 0.15) is 6.54 Å². The van der Waals surface area contributed by atoms with Crippen molar-refractivity contribution in [1.29, 1.82) is 0 Å². The van der Waals surface area contributed by atoms with Gasteiger partial charge in [0.05, 0.1) is 0 Å². The molecular formula is C20H32N4O2. The molecule has 0 saturated carbocycles. The number of carbonyl (C=O) groups is 1. The van der Waals surface area contributed by atoms with E-state index in [2.05, 4.69) is 45.5 Å². The van der Waals surface area contributed by atoms with Gasteiger partial charge in [-0.1, -0.05) is 30.3 Å². The average molecular weight is 361 g/mol. The largest absolute Gasteiger partial charge is 0.382 e. The molecule has 1 N–H and O–H groups in total. The van der Waals surface area contributed by atoms with E-state index in [1.54, 1.807) is 19.0 Å². The van der Waals surface area contributed by atoms with E-state index >= 15 is 0 Å². The van der Waals surface area contributed by atoms with Gasteiger partial charge in [-0.2, -0.15) is 0 Å². The number of hydrogen-bond acceptors (Lipinski definition) is 3. The maximum atomic E-state index is 11.9. The van der Waals surface area contributed by atoms with E-state index in [9.17, 15) is 4.79 Å². The van der Waals surface area contributed by atoms with Crippen LogP contribution in [-0.2, 0) is 9.53 Å². The minimum Gasteiger partial charge on any atom is -0.382 e. The number of nitrogens with zero attached hydrogens (tertiary/aromatic N) is 3. The van der Waals surface area contributed by atoms with Crippen LogP contribution in [0.5, 0.6) is 0 Å². The molecule has 26 heavy (non-hydrogen) atoms. The molecule has 0 aromatic heterocycles. The first-order valence-electron chi connectivity index (χ1n) is 9.48. The van der Waals surface area contributed by atoms with Gasteiger partial charge in [0, 0.05) is 52.9 Å². The minimum absolute atomic E-state index is 0.0115. The molecule has 1 amide bonds. The zero-order valence-corrected chi connectivity index (χ0v) is 16.3. The molecule has 6 nitrogen and oxygen atoms in total. The number of benzene rings is 1. The summed E-state index contributed by atoms with van der Waals surface area (Å²) in [6, 6.07) is 10.6. The third-order valence-electron chi connectivity index (χ3n) is 4.57. The molecule has 1 unspecified atom stereocenters. The zero-order chi connectivity index (χ0) is 18.8. The molecule has 6 heteroatoms. The van der Waals surface area contributed by atoms with Gasteiger partial charge in [-0.3, -0.25) is 4.79 Å². The van der Waals surface area contributed by atoms with E-state index in [1.165, 1.54) is 5.56 Å². The van der Waals surface area contributed by atoms with Gasteiger partial charge in [0.15, 0.2) is 5.96 Å². The van der Waals surface area contributed by atoms with Crippen LogP contribution < -0.4 is 5.32 Å². The van der Waals surface area contributed by atoms with Gasteiger partial charge >= 0.3 is 0 Å². The van der Waals surface area contributed by atoms with E-state index in [-0.39, 0.29) is 12.5 Å². The molecule has 1 heterocycles. The maximum Gasteiger partial charge on any atom is 0.243 e. The summed E-state index contributed by atoms with van der Waals surface area (Å²) in [5.74, 6) is 1.35. The number of amides is 1. The molecule has 0 radical (unpaired) electrons. The number of aliphatic imine (C=N–C) groups is 1. The number of rotatable bonds is 8. The standard InChI is InChI=1S/C20H32N4O2/c1-4-26-14-8-12-21-20(22-15-19(25)23(2)3)24-13-11-18(16-24)17-9-6-5-7-10-17/h5-7,9-10,18H,4,8,11-16H2,1-3H3,(H,21,22). The lowest BCUT2D eigenvalue weighted by Gasteiger charge is -2.22. The number of likely N-dealkylation sites (N-methyl/N-ethyl adjacent to an activating group) is 1. The molecule has 0 bridgehead atoms. The first kappa shape index (κ1) is 20.2. The lowest BCUT2D eigenvalue weighted by Crippen LogP contribution is -2.41. The van der Waals surface area contributed by atoms with Crippen molar-refractivity contribution in [2.24, 2.45) is 4.99 Å². The van der Waals surface area contributed by atoms with E-state index < -0.39 is 0 Å². The van der Waals surface area contributed by atoms with Crippen LogP contribution in [0.4, 0.5) is 0 Å². The van der Waals surface area contributed by atoms with Gasteiger partial charge in [-0.05, 0) is 25.3 Å². The molecule has 1 aromatic rings. The summed E-state index contributed by atoms with van der Waals surface area (Å²) in [5.41, 5.74) is 1.37. The Morgan fingerprint density at radius 1 is 1.35 bits per heavy atom. The second kappa shape index (κ2) is 10.8. The molecular weight excluding hydrogens is 328 g/mol. The van der Waals surface area contributed by atoms with Crippen LogP contribution in [0.25, 0.3) is 0 Å². The topological polar surface area (TPSA) is 57.2 Å². The minimum atomic E-state index is 0.0115. The highest BCUT2D eigenvalue weighted by Crippen LogP contribution is 2.26. The fourth-order valence-corrected chi connectivity index (χ4v) is 3.02. The first-order valence-corrected chi connectivity index (χ1v) is 9.48. The lowest BCUT2D eigenvalue weighted by atomic mass is 9.99. The fraction of sp³-hybridized carbons (Fsp3) is 0.600. The number of nitrogens with one attached hydrogen (secondary N) is 1. The molecule has 0 spiro atoms. The second-order valence-corrected chi connectivity index (χ2v) is 6.75. The fourth-order valence-electron chi connectivity index (χ4n) is 3.02. The van der Waals surface area contributed by atoms with Crippen molar-refractivity contribution in [3.05, 3.63) is 35.9 Å². The van der Waals surface area contributed by atoms with Crippen LogP contribution in [0.3, 0.4) is 0 Å². The second-order valence-electron chi connectivity index (χ2n) is 6.75. The number of guanidine groups is 1. The number of hydrogen-bond donors (Lipinski definition) is 1. The lowest BCUT2D eigenvalue weighted by molar-refractivity contribution is -0.127. The van der Waals surface area contributed by atoms with E-state index in [0.29, 0.717) is 5.92 Å². The third kappa shape index (κ3) is 6.33. The SMILES string of the molecule is CCOCCCNC(=NCC(=O)N(C)C)N1CCC(c2ccccc2)C1. The maximum absolute atomic E-state index is 11.9. The predicted molar refractivity (Wildman–Crippen MR) is 105 cm³/mol. The van der Waals surface area contributed by atoms with Crippen molar-refractivity contribution in [2.75, 3.05) is 53.5 Å². The van der Waals surface area contributed by atoms with E-state index in [1.807, 2.05) is 6.92 Å². The monoisotopic (exact) mass is 360 g/mol. The zero-order valence-electron chi connectivity index (χ0n) is 16.3. The Kier molecular flexibility index (Phi) is 8.41. The molecule has 1 aliphatic rings. The van der Waals surface area contributed by atoms with Gasteiger partial charge in [0.25, 0.3) is 0 Å². The van der Waals surface area contributed by atoms with Gasteiger partial charge in [-0.25, -0.2) is 4.99 Å². The molecule has 1 aliphatic heterocycles. The Balaban J connectivity index is 1.96. The normalized spacial score (nSPS) is 17.4. The van der Waals surface area contributed by atoms with E-state index in [4.69, 9.17) is 4.74 Å². The van der Waals surface area contributed by atoms with Crippen molar-refractivity contribution in [2.45, 2.75) is 25.7 Å². The van der Waals surface area contributed by atoms with Crippen molar-refractivity contribution in [3.63, 3.8) is 0 Å². The van der Waals surface area contributed by atoms with Crippen LogP contribution in [0.15, 0.2) is 35.3 Å². The predicted octanol–water partition coefficient (Wildman–Crippen LogP) is 1.94. The summed E-state index contributed by atoms with van der Waals surface area (Å²) in [7, 11) is 3.52. The van der Waals surface area contributed by atoms with Crippen molar-refractivity contribution in [3.8, 4) is 0 Å². The van der Waals surface area contributed by atoms with Crippen LogP contribution in [0.1, 0.15) is 31.2 Å². The van der Waals surface area contributed by atoms with Gasteiger partial charge in [-0.15, -0.1) is 0 Å². The highest BCUT2D eigenvalue weighted by Gasteiger charge is 2.26. The van der Waals surface area contributed by atoms with Crippen molar-refractivity contribution < 1.29 is 9.53 Å². The molecule has 144 valence electrons. The first-order chi connectivity index (χ1) is 12.6. The summed E-state index contributed by atoms with van der Waals surface area (Å²) < 4.78 is 5.39. The molecule has 1 aromatic carbocycles. The summed E-state index contributed by atoms with van der Waals surface area (Å²) in [5, 5.41) is 3.41. The third-order valence-corrected chi connectivity index (χ3v) is 4.57. The number of likely N-dealkylation sites (tertiary alicyclic amines) is 1. The van der Waals surface area contributed by atoms with Crippen LogP contribution in [0, 0.1) is 0 Å². The summed E-state index contributed by atoms with van der Waals surface area (Å²) in [4.78, 5) is 20.3. The summed E-state index contributed by atoms with van der Waals surface area (Å²) >= 11 is 0. The summed E-state index contributed by atoms with van der Waals surface area (Å²) in [6.45, 7) is 6.32. The Morgan fingerprint density at radius 3 is 2.81 bits per heavy atom. The Bertz CT molecular complexity index is 574. The van der Waals surface area contributed by atoms with E-state index in [0.717, 1.165) is 51.6 Å². The summed E-state index contributed by atoms with van der Waals surface area (Å²) in [6.07, 6.45) is 2.02. The molecule has 1 atom stereocenters. The van der Waals surface area contributed by atoms with Gasteiger partial charge < -0.3 is 19.9 Å². The quantitative estimate of drug-likeness (QED) is 0.437. The Hall–Kier alpha value is -2.08. The Morgan fingerprint density at radius 2 is 2.12 bits per heavy atom. The van der Waals surface area contributed by atoms with Crippen LogP contribution in [0.2, 0.25) is 0 Å². The van der Waals surface area contributed by atoms with Crippen molar-refractivity contribution >= 4 is 11.9 Å². The van der Waals surface area contributed by atoms with Gasteiger partial charge in [0.2, 0.25) is 5.91 Å². The molecule has 1 fully saturated rings. The van der Waals surface area contributed by atoms with Crippen LogP contribution in [-0.4, -0.2) is 75.2 Å². The highest BCUT2D eigenvalue weighted by molar-refractivity contribution is 5.85. The molecule has 2 rings (SSSR count). The highest BCUT2D eigenvalue weighted by atomic mass is 16.5. The Labute approximate surface area is 157 Å². The molecule has 0 aliphatic carbocycles. The number of carbonyl (C=O) groups excluding carboxylic acids is 1. The van der Waals surface area contributed by atoms with Crippen LogP contribution >= 0.6 is 0 Å². The average Bonchev–Trinajstić information content (AvgIpc) is 3.14. The molecule has 1 saturated heterocycles. The number of ether oxygens (including phenoxy) is 1. The van der Waals surface area contributed by atoms with Crippen molar-refractivity contribution in [1.82, 2.24) is 15.1 Å². The smallest absolute Gasteiger partial charge is 0.243 e.